The number of amides is 1. The minimum Gasteiger partial charge on any atom is -0.334 e. The molecule has 1 N–H and O–H groups in total. The van der Waals surface area contributed by atoms with Crippen molar-refractivity contribution in [2.45, 2.75) is 32.2 Å². The fourth-order valence-corrected chi connectivity index (χ4v) is 3.83. The lowest BCUT2D eigenvalue weighted by molar-refractivity contribution is 0.0623. The summed E-state index contributed by atoms with van der Waals surface area (Å²) in [5, 5.41) is 1.91. The summed E-state index contributed by atoms with van der Waals surface area (Å²) >= 11 is 1.45. The Morgan fingerprint density at radius 1 is 1.50 bits per heavy atom. The molecule has 0 aromatic carbocycles. The average Bonchev–Trinajstić information content (AvgIpc) is 2.81. The van der Waals surface area contributed by atoms with Gasteiger partial charge in [-0.25, -0.2) is 13.1 Å². The van der Waals surface area contributed by atoms with Crippen molar-refractivity contribution >= 4 is 27.3 Å². The van der Waals surface area contributed by atoms with Gasteiger partial charge in [-0.05, 0) is 43.2 Å². The molecule has 0 bridgehead atoms. The van der Waals surface area contributed by atoms with Crippen LogP contribution in [0.4, 0.5) is 0 Å². The molecule has 5 nitrogen and oxygen atoms in total. The maximum Gasteiger partial charge on any atom is 0.264 e. The van der Waals surface area contributed by atoms with E-state index in [1.54, 1.807) is 0 Å². The van der Waals surface area contributed by atoms with Crippen molar-refractivity contribution < 1.29 is 13.2 Å². The molecule has 7 heteroatoms. The fourth-order valence-electron chi connectivity index (χ4n) is 2.45. The van der Waals surface area contributed by atoms with Gasteiger partial charge in [0, 0.05) is 19.1 Å². The van der Waals surface area contributed by atoms with Crippen LogP contribution in [0.25, 0.3) is 0 Å². The van der Waals surface area contributed by atoms with E-state index >= 15 is 0 Å². The first-order valence-corrected chi connectivity index (χ1v) is 9.45. The average molecular weight is 316 g/mol. The number of thiophene rings is 1. The zero-order valence-electron chi connectivity index (χ0n) is 11.8. The third-order valence-corrected chi connectivity index (χ3v) is 5.22. The second-order valence-electron chi connectivity index (χ2n) is 5.20. The van der Waals surface area contributed by atoms with E-state index in [-0.39, 0.29) is 11.9 Å². The van der Waals surface area contributed by atoms with Gasteiger partial charge in [-0.3, -0.25) is 4.79 Å². The van der Waals surface area contributed by atoms with Gasteiger partial charge in [-0.15, -0.1) is 11.3 Å². The smallest absolute Gasteiger partial charge is 0.264 e. The van der Waals surface area contributed by atoms with Crippen LogP contribution < -0.4 is 4.72 Å². The summed E-state index contributed by atoms with van der Waals surface area (Å²) < 4.78 is 25.0. The van der Waals surface area contributed by atoms with Crippen molar-refractivity contribution in [2.24, 2.45) is 0 Å². The molecule has 1 aromatic rings. The van der Waals surface area contributed by atoms with Crippen LogP contribution in [0.5, 0.6) is 0 Å². The normalized spacial score (nSPS) is 20.1. The molecule has 20 heavy (non-hydrogen) atoms. The third-order valence-electron chi connectivity index (χ3n) is 3.53. The summed E-state index contributed by atoms with van der Waals surface area (Å²) in [5.74, 6) is 0.0255. The molecule has 2 heterocycles. The topological polar surface area (TPSA) is 66.5 Å². The number of piperidine rings is 1. The molecule has 1 aliphatic rings. The number of hydrogen-bond donors (Lipinski definition) is 1. The van der Waals surface area contributed by atoms with Gasteiger partial charge < -0.3 is 4.90 Å². The Morgan fingerprint density at radius 2 is 2.25 bits per heavy atom. The molecule has 0 unspecified atom stereocenters. The van der Waals surface area contributed by atoms with Crippen molar-refractivity contribution in [1.82, 2.24) is 9.62 Å². The molecule has 1 atom stereocenters. The molecule has 0 saturated carbocycles. The quantitative estimate of drug-likeness (QED) is 0.917. The van der Waals surface area contributed by atoms with Gasteiger partial charge in [0.1, 0.15) is 0 Å². The molecule has 1 saturated heterocycles. The third kappa shape index (κ3) is 3.80. The van der Waals surface area contributed by atoms with Gasteiger partial charge in [0.25, 0.3) is 5.91 Å². The van der Waals surface area contributed by atoms with Crippen LogP contribution in [-0.4, -0.2) is 44.6 Å². The Morgan fingerprint density at radius 3 is 2.85 bits per heavy atom. The van der Waals surface area contributed by atoms with Crippen molar-refractivity contribution in [3.63, 3.8) is 0 Å². The molecule has 1 fully saturated rings. The number of likely N-dealkylation sites (tertiary alicyclic amines) is 1. The van der Waals surface area contributed by atoms with E-state index in [1.165, 1.54) is 11.3 Å². The SMILES string of the molecule is Cc1ccsc1C(=O)N1CCCC[C@H]1CNS(C)(=O)=O. The lowest BCUT2D eigenvalue weighted by Crippen LogP contribution is -2.49. The Hall–Kier alpha value is -0.920. The second-order valence-corrected chi connectivity index (χ2v) is 7.95. The van der Waals surface area contributed by atoms with E-state index in [1.807, 2.05) is 23.3 Å². The van der Waals surface area contributed by atoms with Crippen LogP contribution in [0, 0.1) is 6.92 Å². The zero-order chi connectivity index (χ0) is 14.8. The van der Waals surface area contributed by atoms with E-state index in [4.69, 9.17) is 0 Å². The number of rotatable bonds is 4. The first-order valence-electron chi connectivity index (χ1n) is 6.68. The summed E-state index contributed by atoms with van der Waals surface area (Å²) in [4.78, 5) is 15.2. The summed E-state index contributed by atoms with van der Waals surface area (Å²) in [6.45, 7) is 2.93. The van der Waals surface area contributed by atoms with Crippen LogP contribution in [0.1, 0.15) is 34.5 Å². The van der Waals surface area contributed by atoms with Crippen molar-refractivity contribution in [3.05, 3.63) is 21.9 Å². The summed E-state index contributed by atoms with van der Waals surface area (Å²) in [7, 11) is -3.22. The van der Waals surface area contributed by atoms with Crippen molar-refractivity contribution in [1.29, 1.82) is 0 Å². The summed E-state index contributed by atoms with van der Waals surface area (Å²) in [6.07, 6.45) is 4.00. The Balaban J connectivity index is 2.11. The minimum atomic E-state index is -3.22. The van der Waals surface area contributed by atoms with E-state index in [0.29, 0.717) is 13.1 Å². The van der Waals surface area contributed by atoms with Gasteiger partial charge in [0.05, 0.1) is 11.1 Å². The molecule has 0 aliphatic carbocycles. The fraction of sp³-hybridized carbons (Fsp3) is 0.615. The lowest BCUT2D eigenvalue weighted by Gasteiger charge is -2.35. The highest BCUT2D eigenvalue weighted by molar-refractivity contribution is 7.88. The molecule has 1 aliphatic heterocycles. The van der Waals surface area contributed by atoms with Gasteiger partial charge in [0.2, 0.25) is 10.0 Å². The maximum atomic E-state index is 12.6. The van der Waals surface area contributed by atoms with E-state index < -0.39 is 10.0 Å². The largest absolute Gasteiger partial charge is 0.334 e. The number of carbonyl (C=O) groups is 1. The Kier molecular flexibility index (Phi) is 4.82. The molecule has 1 aromatic heterocycles. The van der Waals surface area contributed by atoms with Crippen LogP contribution >= 0.6 is 11.3 Å². The lowest BCUT2D eigenvalue weighted by atomic mass is 10.0. The van der Waals surface area contributed by atoms with Crippen LogP contribution in [0.3, 0.4) is 0 Å². The van der Waals surface area contributed by atoms with E-state index in [9.17, 15) is 13.2 Å². The highest BCUT2D eigenvalue weighted by Crippen LogP contribution is 2.23. The second kappa shape index (κ2) is 6.24. The number of nitrogens with zero attached hydrogens (tertiary/aromatic N) is 1. The summed E-state index contributed by atoms with van der Waals surface area (Å²) in [6, 6.07) is 1.89. The number of sulfonamides is 1. The number of carbonyl (C=O) groups excluding carboxylic acids is 1. The van der Waals surface area contributed by atoms with Crippen LogP contribution in [0.2, 0.25) is 0 Å². The van der Waals surface area contributed by atoms with Crippen LogP contribution in [-0.2, 0) is 10.0 Å². The predicted molar refractivity (Wildman–Crippen MR) is 80.6 cm³/mol. The van der Waals surface area contributed by atoms with Crippen molar-refractivity contribution in [2.75, 3.05) is 19.3 Å². The zero-order valence-corrected chi connectivity index (χ0v) is 13.4. The highest BCUT2D eigenvalue weighted by atomic mass is 32.2. The van der Waals surface area contributed by atoms with E-state index in [0.717, 1.165) is 36.0 Å². The highest BCUT2D eigenvalue weighted by Gasteiger charge is 2.29. The molecule has 112 valence electrons. The Labute approximate surface area is 124 Å². The van der Waals surface area contributed by atoms with Gasteiger partial charge in [-0.1, -0.05) is 0 Å². The predicted octanol–water partition coefficient (Wildman–Crippen LogP) is 1.60. The molecule has 2 rings (SSSR count). The standard InChI is InChI=1S/C13H20N2O3S2/c1-10-6-8-19-12(10)13(16)15-7-4-3-5-11(15)9-14-20(2,17)18/h6,8,11,14H,3-5,7,9H2,1-2H3/t11-/m0/s1. The first kappa shape index (κ1) is 15.5. The monoisotopic (exact) mass is 316 g/mol. The number of hydrogen-bond acceptors (Lipinski definition) is 4. The maximum absolute atomic E-state index is 12.6. The van der Waals surface area contributed by atoms with E-state index in [2.05, 4.69) is 4.72 Å². The summed E-state index contributed by atoms with van der Waals surface area (Å²) in [5.41, 5.74) is 0.986. The van der Waals surface area contributed by atoms with Crippen molar-refractivity contribution in [3.8, 4) is 0 Å². The molecule has 1 amide bonds. The molecular formula is C13H20N2O3S2. The van der Waals surface area contributed by atoms with Gasteiger partial charge >= 0.3 is 0 Å². The Bertz CT molecular complexity index is 580. The van der Waals surface area contributed by atoms with Gasteiger partial charge in [-0.2, -0.15) is 0 Å². The number of nitrogens with one attached hydrogen (secondary N) is 1. The van der Waals surface area contributed by atoms with Gasteiger partial charge in [0.15, 0.2) is 0 Å². The molecule has 0 radical (unpaired) electrons. The van der Waals surface area contributed by atoms with Crippen LogP contribution in [0.15, 0.2) is 11.4 Å². The number of aryl methyl sites for hydroxylation is 1. The molecular weight excluding hydrogens is 296 g/mol. The first-order chi connectivity index (χ1) is 9.38. The molecule has 0 spiro atoms. The minimum absolute atomic E-state index is 0.0255.